The molecule has 296 valence electrons. The van der Waals surface area contributed by atoms with Crippen LogP contribution in [0.2, 0.25) is 0 Å². The van der Waals surface area contributed by atoms with Gasteiger partial charge in [-0.1, -0.05) is 51.7 Å². The lowest BCUT2D eigenvalue weighted by Crippen LogP contribution is -2.25. The summed E-state index contributed by atoms with van der Waals surface area (Å²) in [5, 5.41) is 4.23. The number of aryl methyl sites for hydroxylation is 4. The fraction of sp³-hybridized carbons (Fsp3) is 0.422. The lowest BCUT2D eigenvalue weighted by Gasteiger charge is -2.28. The molecule has 6 rings (SSSR count). The third kappa shape index (κ3) is 10.0. The summed E-state index contributed by atoms with van der Waals surface area (Å²) in [6.07, 6.45) is 4.55. The highest BCUT2D eigenvalue weighted by atomic mass is 32.1. The average molecular weight is 809 g/mol. The van der Waals surface area contributed by atoms with Crippen LogP contribution in [-0.4, -0.2) is 10.3 Å². The highest BCUT2D eigenvalue weighted by Gasteiger charge is 2.40. The average Bonchev–Trinajstić information content (AvgIpc) is 3.11. The molecule has 2 saturated carbocycles. The van der Waals surface area contributed by atoms with Crippen LogP contribution in [0.15, 0.2) is 58.5 Å². The van der Waals surface area contributed by atoms with Crippen LogP contribution in [0.4, 0.5) is 37.7 Å². The summed E-state index contributed by atoms with van der Waals surface area (Å²) >= 11 is 9.01. The maximum absolute atomic E-state index is 15.0. The zero-order chi connectivity index (χ0) is 40.9. The number of hydrogen-bond donors (Lipinski definition) is 0. The first-order chi connectivity index (χ1) is 26.5. The first-order valence-corrected chi connectivity index (χ1v) is 19.8. The second kappa shape index (κ2) is 18.4. The van der Waals surface area contributed by atoms with Crippen molar-refractivity contribution in [1.29, 1.82) is 0 Å². The summed E-state index contributed by atoms with van der Waals surface area (Å²) in [5.41, 5.74) is 3.81. The van der Waals surface area contributed by atoms with Crippen LogP contribution in [0.25, 0.3) is 11.1 Å². The smallest absolute Gasteiger partial charge is 0.429 e. The van der Waals surface area contributed by atoms with Gasteiger partial charge in [0.05, 0.1) is 10.3 Å². The Balaban J connectivity index is 0.000000216. The minimum absolute atomic E-state index is 0.103. The molecule has 0 unspecified atom stereocenters. The van der Waals surface area contributed by atoms with Crippen LogP contribution >= 0.6 is 24.4 Å². The van der Waals surface area contributed by atoms with Gasteiger partial charge in [-0.05, 0) is 171 Å². The van der Waals surface area contributed by atoms with Crippen LogP contribution in [0.5, 0.6) is 5.75 Å². The quantitative estimate of drug-likeness (QED) is 0.101. The molecule has 2 aliphatic rings. The number of ether oxygens (including phenoxy) is 1. The minimum Gasteiger partial charge on any atom is -0.429 e. The third-order valence-corrected chi connectivity index (χ3v) is 11.4. The van der Waals surface area contributed by atoms with E-state index in [1.165, 1.54) is 44.9 Å². The van der Waals surface area contributed by atoms with Gasteiger partial charge in [0.25, 0.3) is 0 Å². The van der Waals surface area contributed by atoms with E-state index < -0.39 is 34.9 Å². The van der Waals surface area contributed by atoms with Gasteiger partial charge >= 0.3 is 6.11 Å². The molecule has 56 heavy (non-hydrogen) atoms. The molecule has 0 bridgehead atoms. The predicted octanol–water partition coefficient (Wildman–Crippen LogP) is 15.0. The van der Waals surface area contributed by atoms with E-state index in [-0.39, 0.29) is 34.2 Å². The van der Waals surface area contributed by atoms with Crippen LogP contribution in [-0.2, 0) is 6.11 Å². The zero-order valence-electron chi connectivity index (χ0n) is 32.5. The van der Waals surface area contributed by atoms with E-state index in [4.69, 9.17) is 4.74 Å². The van der Waals surface area contributed by atoms with E-state index in [2.05, 4.69) is 59.5 Å². The van der Waals surface area contributed by atoms with E-state index in [1.807, 2.05) is 12.1 Å². The number of thiocarbonyl (C=S) groups is 2. The van der Waals surface area contributed by atoms with Crippen LogP contribution in [0, 0.1) is 62.8 Å². The number of halogens is 6. The Labute approximate surface area is 336 Å². The Hall–Kier alpha value is -4.14. The molecule has 0 spiro atoms. The van der Waals surface area contributed by atoms with Crippen molar-refractivity contribution >= 4 is 46.1 Å². The SMILES string of the molecule is Cc1cc(-c2c(C)cc(C3CCC(C)CC3)cc2F)cc(F)c1N=C=S.Cc1cc(OC(F)(F)c2c(C)cc(C3CCC(C)CC3)cc2F)cc(F)c1N=C=S. The Kier molecular flexibility index (Phi) is 14.1. The van der Waals surface area contributed by atoms with Gasteiger partial charge in [-0.25, -0.2) is 17.6 Å². The van der Waals surface area contributed by atoms with Gasteiger partial charge in [0, 0.05) is 11.6 Å². The molecule has 0 aliphatic heterocycles. The van der Waals surface area contributed by atoms with Crippen LogP contribution < -0.4 is 4.74 Å². The summed E-state index contributed by atoms with van der Waals surface area (Å²) in [6.45, 7) is 11.0. The van der Waals surface area contributed by atoms with Crippen molar-refractivity contribution < 1.29 is 31.1 Å². The molecule has 0 atom stereocenters. The number of nitrogens with zero attached hydrogens (tertiary/aromatic N) is 2. The Morgan fingerprint density at radius 3 is 1.48 bits per heavy atom. The van der Waals surface area contributed by atoms with Crippen molar-refractivity contribution in [3.8, 4) is 16.9 Å². The van der Waals surface area contributed by atoms with E-state index >= 15 is 0 Å². The molecular formula is C45H46F6N2OS2. The highest BCUT2D eigenvalue weighted by molar-refractivity contribution is 7.78. The predicted molar refractivity (Wildman–Crippen MR) is 218 cm³/mol. The molecule has 0 amide bonds. The normalized spacial score (nSPS) is 19.6. The minimum atomic E-state index is -3.97. The first kappa shape index (κ1) is 43.0. The maximum atomic E-state index is 15.0. The van der Waals surface area contributed by atoms with Gasteiger partial charge in [-0.3, -0.25) is 0 Å². The van der Waals surface area contributed by atoms with Crippen LogP contribution in [0.3, 0.4) is 0 Å². The Bertz CT molecular complexity index is 2090. The fourth-order valence-corrected chi connectivity index (χ4v) is 8.33. The number of aliphatic imine (C=N–C) groups is 2. The molecular weight excluding hydrogens is 763 g/mol. The zero-order valence-corrected chi connectivity index (χ0v) is 34.1. The molecule has 2 fully saturated rings. The molecule has 3 nitrogen and oxygen atoms in total. The topological polar surface area (TPSA) is 34.0 Å². The summed E-state index contributed by atoms with van der Waals surface area (Å²) in [4.78, 5) is 7.34. The molecule has 0 N–H and O–H groups in total. The second-order valence-electron chi connectivity index (χ2n) is 15.5. The molecule has 0 heterocycles. The summed E-state index contributed by atoms with van der Waals surface area (Å²) in [6, 6.07) is 11.6. The van der Waals surface area contributed by atoms with Gasteiger partial charge in [0.1, 0.15) is 34.3 Å². The van der Waals surface area contributed by atoms with Crippen molar-refractivity contribution in [3.05, 3.63) is 111 Å². The monoisotopic (exact) mass is 808 g/mol. The fourth-order valence-electron chi connectivity index (χ4n) is 8.15. The second-order valence-corrected chi connectivity index (χ2v) is 15.9. The highest BCUT2D eigenvalue weighted by Crippen LogP contribution is 2.42. The summed E-state index contributed by atoms with van der Waals surface area (Å²) in [7, 11) is 0. The van der Waals surface area contributed by atoms with E-state index in [9.17, 15) is 26.3 Å². The molecule has 11 heteroatoms. The third-order valence-electron chi connectivity index (χ3n) is 11.2. The first-order valence-electron chi connectivity index (χ1n) is 19.0. The van der Waals surface area contributed by atoms with E-state index in [0.29, 0.717) is 28.5 Å². The molecule has 2 aliphatic carbocycles. The number of isothiocyanates is 2. The molecule has 0 radical (unpaired) electrons. The number of alkyl halides is 2. The van der Waals surface area contributed by atoms with Crippen molar-refractivity contribution in [3.63, 3.8) is 0 Å². The van der Waals surface area contributed by atoms with Crippen molar-refractivity contribution in [2.45, 2.75) is 111 Å². The largest absolute Gasteiger partial charge is 0.429 e. The van der Waals surface area contributed by atoms with E-state index in [1.54, 1.807) is 25.1 Å². The number of rotatable bonds is 8. The number of hydrogen-bond acceptors (Lipinski definition) is 5. The summed E-state index contributed by atoms with van der Waals surface area (Å²) in [5.74, 6) is -1.14. The lowest BCUT2D eigenvalue weighted by molar-refractivity contribution is -0.188. The Morgan fingerprint density at radius 1 is 0.571 bits per heavy atom. The van der Waals surface area contributed by atoms with Crippen molar-refractivity contribution in [2.24, 2.45) is 21.8 Å². The standard InChI is InChI=1S/C23H23F4NOS.C22H23F2NS/c1-13-4-6-16(7-5-13)17-8-14(2)21(19(24)10-17)23(26,27)29-18-9-15(3)22(28-12-30)20(25)11-18;1-13-4-6-16(7-5-13)17-8-14(2)21(19(23)10-17)18-9-15(3)22(25-12-26)20(24)11-18/h8-11,13,16H,4-7H2,1-3H3;8-11,13,16H,4-7H2,1-3H3. The van der Waals surface area contributed by atoms with Crippen LogP contribution in [0.1, 0.15) is 116 Å². The van der Waals surface area contributed by atoms with Gasteiger partial charge < -0.3 is 4.74 Å². The lowest BCUT2D eigenvalue weighted by atomic mass is 9.78. The summed E-state index contributed by atoms with van der Waals surface area (Å²) < 4.78 is 92.7. The van der Waals surface area contributed by atoms with Crippen molar-refractivity contribution in [2.75, 3.05) is 0 Å². The Morgan fingerprint density at radius 2 is 1.04 bits per heavy atom. The molecule has 0 saturated heterocycles. The molecule has 0 aromatic heterocycles. The maximum Gasteiger partial charge on any atom is 0.429 e. The van der Waals surface area contributed by atoms with E-state index in [0.717, 1.165) is 67.2 Å². The van der Waals surface area contributed by atoms with Gasteiger partial charge in [0.2, 0.25) is 0 Å². The van der Waals surface area contributed by atoms with Gasteiger partial charge in [0.15, 0.2) is 11.6 Å². The van der Waals surface area contributed by atoms with Gasteiger partial charge in [-0.15, -0.1) is 0 Å². The van der Waals surface area contributed by atoms with Crippen molar-refractivity contribution in [1.82, 2.24) is 0 Å². The molecule has 4 aromatic rings. The molecule has 4 aromatic carbocycles. The number of benzene rings is 4. The van der Waals surface area contributed by atoms with Gasteiger partial charge in [-0.2, -0.15) is 18.8 Å².